The van der Waals surface area contributed by atoms with Crippen LogP contribution in [-0.2, 0) is 6.42 Å². The fraction of sp³-hybridized carbons (Fsp3) is 0.211. The van der Waals surface area contributed by atoms with Crippen LogP contribution in [0.25, 0.3) is 5.69 Å². The third kappa shape index (κ3) is 3.06. The normalized spacial score (nSPS) is 10.6. The van der Waals surface area contributed by atoms with Crippen LogP contribution in [0.5, 0.6) is 5.75 Å². The molecule has 0 aliphatic carbocycles. The Balaban J connectivity index is 1.86. The highest BCUT2D eigenvalue weighted by Crippen LogP contribution is 2.19. The van der Waals surface area contributed by atoms with Crippen LogP contribution < -0.4 is 4.74 Å². The molecule has 0 amide bonds. The van der Waals surface area contributed by atoms with E-state index >= 15 is 0 Å². The van der Waals surface area contributed by atoms with E-state index in [-0.39, 0.29) is 5.69 Å². The quantitative estimate of drug-likeness (QED) is 0.543. The zero-order chi connectivity index (χ0) is 17.1. The van der Waals surface area contributed by atoms with Gasteiger partial charge in [-0.05, 0) is 49.6 Å². The lowest BCUT2D eigenvalue weighted by Crippen LogP contribution is -2.12. The Kier molecular flexibility index (Phi) is 4.42. The number of aryl methyl sites for hydroxylation is 2. The van der Waals surface area contributed by atoms with E-state index in [0.717, 1.165) is 17.7 Å². The van der Waals surface area contributed by atoms with Crippen molar-refractivity contribution in [1.82, 2.24) is 15.0 Å². The number of rotatable bonds is 4. The maximum absolute atomic E-state index is 12.4. The first-order chi connectivity index (χ1) is 11.6. The lowest BCUT2D eigenvalue weighted by molar-refractivity contribution is 0.0726. The highest BCUT2D eigenvalue weighted by atomic mass is 16.5. The van der Waals surface area contributed by atoms with Gasteiger partial charge in [0.2, 0.25) is 0 Å². The number of benzene rings is 2. The average molecular weight is 321 g/mol. The van der Waals surface area contributed by atoms with Crippen LogP contribution in [0.1, 0.15) is 34.2 Å². The summed E-state index contributed by atoms with van der Waals surface area (Å²) in [6.45, 7) is 5.80. The van der Waals surface area contributed by atoms with Crippen molar-refractivity contribution in [2.45, 2.75) is 27.2 Å². The van der Waals surface area contributed by atoms with Crippen LogP contribution in [0.2, 0.25) is 0 Å². The standard InChI is InChI=1S/C19H19N3O2/c1-4-15-9-11-16(12-10-15)22-14(3)18(20-21-22)19(23)24-17-8-6-5-7-13(17)2/h5-12H,4H2,1-3H3. The largest absolute Gasteiger partial charge is 0.421 e. The highest BCUT2D eigenvalue weighted by Gasteiger charge is 2.20. The average Bonchev–Trinajstić information content (AvgIpc) is 2.98. The first-order valence-corrected chi connectivity index (χ1v) is 7.89. The smallest absolute Gasteiger partial charge is 0.366 e. The summed E-state index contributed by atoms with van der Waals surface area (Å²) in [6, 6.07) is 15.4. The molecule has 1 heterocycles. The third-order valence-electron chi connectivity index (χ3n) is 3.97. The molecule has 0 fully saturated rings. The molecule has 0 aliphatic rings. The van der Waals surface area contributed by atoms with Gasteiger partial charge < -0.3 is 4.74 Å². The summed E-state index contributed by atoms with van der Waals surface area (Å²) >= 11 is 0. The number of hydrogen-bond acceptors (Lipinski definition) is 4. The van der Waals surface area contributed by atoms with Gasteiger partial charge in [0.15, 0.2) is 5.69 Å². The molecule has 0 radical (unpaired) electrons. The zero-order valence-corrected chi connectivity index (χ0v) is 14.0. The van der Waals surface area contributed by atoms with Crippen molar-refractivity contribution in [3.05, 3.63) is 71.0 Å². The fourth-order valence-electron chi connectivity index (χ4n) is 2.46. The molecule has 3 rings (SSSR count). The van der Waals surface area contributed by atoms with Crippen molar-refractivity contribution in [3.8, 4) is 11.4 Å². The van der Waals surface area contributed by atoms with Crippen molar-refractivity contribution in [2.75, 3.05) is 0 Å². The Bertz CT molecular complexity index is 867. The number of esters is 1. The third-order valence-corrected chi connectivity index (χ3v) is 3.97. The minimum absolute atomic E-state index is 0.220. The first-order valence-electron chi connectivity index (χ1n) is 7.89. The van der Waals surface area contributed by atoms with Crippen LogP contribution in [0.3, 0.4) is 0 Å². The van der Waals surface area contributed by atoms with Gasteiger partial charge in [0.1, 0.15) is 5.75 Å². The topological polar surface area (TPSA) is 57.0 Å². The van der Waals surface area contributed by atoms with Crippen molar-refractivity contribution in [3.63, 3.8) is 0 Å². The minimum atomic E-state index is -0.502. The first kappa shape index (κ1) is 15.9. The lowest BCUT2D eigenvalue weighted by atomic mass is 10.1. The van der Waals surface area contributed by atoms with Crippen LogP contribution in [0.4, 0.5) is 0 Å². The van der Waals surface area contributed by atoms with Gasteiger partial charge in [0.25, 0.3) is 0 Å². The number of carbonyl (C=O) groups is 1. The molecule has 3 aromatic rings. The van der Waals surface area contributed by atoms with Gasteiger partial charge in [-0.25, -0.2) is 9.48 Å². The van der Waals surface area contributed by atoms with E-state index in [9.17, 15) is 4.79 Å². The van der Waals surface area contributed by atoms with Crippen LogP contribution >= 0.6 is 0 Å². The lowest BCUT2D eigenvalue weighted by Gasteiger charge is -2.06. The van der Waals surface area contributed by atoms with Crippen molar-refractivity contribution in [1.29, 1.82) is 0 Å². The van der Waals surface area contributed by atoms with Gasteiger partial charge in [-0.3, -0.25) is 0 Å². The van der Waals surface area contributed by atoms with Crippen molar-refractivity contribution < 1.29 is 9.53 Å². The number of hydrogen-bond donors (Lipinski definition) is 0. The Hall–Kier alpha value is -2.95. The number of nitrogens with zero attached hydrogens (tertiary/aromatic N) is 3. The monoisotopic (exact) mass is 321 g/mol. The Labute approximate surface area is 140 Å². The summed E-state index contributed by atoms with van der Waals surface area (Å²) < 4.78 is 7.09. The Morgan fingerprint density at radius 3 is 2.46 bits per heavy atom. The van der Waals surface area contributed by atoms with E-state index in [1.165, 1.54) is 5.56 Å². The van der Waals surface area contributed by atoms with Crippen molar-refractivity contribution >= 4 is 5.97 Å². The Morgan fingerprint density at radius 2 is 1.79 bits per heavy atom. The van der Waals surface area contributed by atoms with E-state index in [0.29, 0.717) is 11.4 Å². The van der Waals surface area contributed by atoms with Gasteiger partial charge in [0.05, 0.1) is 11.4 Å². The van der Waals surface area contributed by atoms with Gasteiger partial charge in [-0.1, -0.05) is 42.5 Å². The fourth-order valence-corrected chi connectivity index (χ4v) is 2.46. The SMILES string of the molecule is CCc1ccc(-n2nnc(C(=O)Oc3ccccc3C)c2C)cc1. The molecule has 0 aliphatic heterocycles. The number of aromatic nitrogens is 3. The maximum atomic E-state index is 12.4. The molecular weight excluding hydrogens is 302 g/mol. The summed E-state index contributed by atoms with van der Waals surface area (Å²) in [5, 5.41) is 8.09. The summed E-state index contributed by atoms with van der Waals surface area (Å²) in [7, 11) is 0. The molecule has 0 saturated carbocycles. The molecule has 0 unspecified atom stereocenters. The van der Waals surface area contributed by atoms with E-state index < -0.39 is 5.97 Å². The van der Waals surface area contributed by atoms with Gasteiger partial charge >= 0.3 is 5.97 Å². The molecule has 2 aromatic carbocycles. The van der Waals surface area contributed by atoms with Gasteiger partial charge in [-0.2, -0.15) is 0 Å². The molecule has 0 bridgehead atoms. The van der Waals surface area contributed by atoms with Crippen molar-refractivity contribution in [2.24, 2.45) is 0 Å². The minimum Gasteiger partial charge on any atom is -0.421 e. The molecule has 0 spiro atoms. The van der Waals surface area contributed by atoms with E-state index in [4.69, 9.17) is 4.74 Å². The Morgan fingerprint density at radius 1 is 1.08 bits per heavy atom. The van der Waals surface area contributed by atoms with Gasteiger partial charge in [-0.15, -0.1) is 5.10 Å². The molecule has 122 valence electrons. The summed E-state index contributed by atoms with van der Waals surface area (Å²) in [6.07, 6.45) is 0.977. The maximum Gasteiger partial charge on any atom is 0.366 e. The van der Waals surface area contributed by atoms with E-state index in [2.05, 4.69) is 17.2 Å². The molecule has 0 saturated heterocycles. The number of para-hydroxylation sites is 1. The van der Waals surface area contributed by atoms with Crippen LogP contribution in [0, 0.1) is 13.8 Å². The second-order valence-corrected chi connectivity index (χ2v) is 5.61. The molecular formula is C19H19N3O2. The predicted octanol–water partition coefficient (Wildman–Crippen LogP) is 3.67. The zero-order valence-electron chi connectivity index (χ0n) is 14.0. The second kappa shape index (κ2) is 6.66. The predicted molar refractivity (Wildman–Crippen MR) is 91.6 cm³/mol. The molecule has 5 nitrogen and oxygen atoms in total. The molecule has 1 aromatic heterocycles. The summed E-state index contributed by atoms with van der Waals surface area (Å²) in [5.41, 5.74) is 3.88. The van der Waals surface area contributed by atoms with E-state index in [1.54, 1.807) is 10.7 Å². The molecule has 24 heavy (non-hydrogen) atoms. The van der Waals surface area contributed by atoms with Gasteiger partial charge in [0, 0.05) is 0 Å². The number of carbonyl (C=O) groups excluding carboxylic acids is 1. The highest BCUT2D eigenvalue weighted by molar-refractivity contribution is 5.90. The second-order valence-electron chi connectivity index (χ2n) is 5.61. The number of ether oxygens (including phenoxy) is 1. The van der Waals surface area contributed by atoms with Crippen LogP contribution in [0.15, 0.2) is 48.5 Å². The van der Waals surface area contributed by atoms with E-state index in [1.807, 2.05) is 56.3 Å². The molecule has 5 heteroatoms. The summed E-state index contributed by atoms with van der Waals surface area (Å²) in [5.74, 6) is 0.0296. The summed E-state index contributed by atoms with van der Waals surface area (Å²) in [4.78, 5) is 12.4. The van der Waals surface area contributed by atoms with Crippen LogP contribution in [-0.4, -0.2) is 21.0 Å². The molecule has 0 N–H and O–H groups in total. The molecule has 0 atom stereocenters.